The molecule has 4 heterocycles. The molecule has 3 aliphatic rings. The van der Waals surface area contributed by atoms with Crippen LogP contribution in [0.1, 0.15) is 32.3 Å². The lowest BCUT2D eigenvalue weighted by Gasteiger charge is -2.39. The lowest BCUT2D eigenvalue weighted by atomic mass is 9.87. The summed E-state index contributed by atoms with van der Waals surface area (Å²) in [6, 6.07) is 6.31. The van der Waals surface area contributed by atoms with Gasteiger partial charge in [-0.3, -0.25) is 9.48 Å². The highest BCUT2D eigenvalue weighted by atomic mass is 31.1. The van der Waals surface area contributed by atoms with Gasteiger partial charge in [0.1, 0.15) is 0 Å². The van der Waals surface area contributed by atoms with Crippen molar-refractivity contribution < 1.29 is 4.79 Å². The molecule has 6 heteroatoms. The smallest absolute Gasteiger partial charge is 0.252 e. The van der Waals surface area contributed by atoms with Crippen molar-refractivity contribution in [2.75, 3.05) is 19.6 Å². The van der Waals surface area contributed by atoms with Gasteiger partial charge in [0, 0.05) is 30.9 Å². The first-order valence-corrected chi connectivity index (χ1v) is 12.0. The fraction of sp³-hybridized carbons (Fsp3) is 0.417. The van der Waals surface area contributed by atoms with Crippen LogP contribution in [-0.2, 0) is 11.8 Å². The van der Waals surface area contributed by atoms with Crippen LogP contribution in [0.3, 0.4) is 0 Å². The highest BCUT2D eigenvalue weighted by Gasteiger charge is 2.33. The Morgan fingerprint density at radius 2 is 2.00 bits per heavy atom. The third kappa shape index (κ3) is 3.55. The van der Waals surface area contributed by atoms with E-state index in [1.165, 1.54) is 24.0 Å². The van der Waals surface area contributed by atoms with Crippen molar-refractivity contribution in [3.05, 3.63) is 59.5 Å². The molecule has 1 fully saturated rings. The average molecular weight is 420 g/mol. The van der Waals surface area contributed by atoms with E-state index in [4.69, 9.17) is 0 Å². The second-order valence-electron chi connectivity index (χ2n) is 8.65. The second-order valence-corrected chi connectivity index (χ2v) is 10.0. The molecule has 0 bridgehead atoms. The van der Waals surface area contributed by atoms with Crippen molar-refractivity contribution in [1.29, 1.82) is 0 Å². The SMILES string of the molecule is CCN1CCC(C2=CN3C(=O)C=C(c4ccc5nn(C)cc5c4)PC3C(C)=C2)CC1. The number of fused-ring (bicyclic) bond motifs is 2. The molecule has 5 nitrogen and oxygen atoms in total. The van der Waals surface area contributed by atoms with Gasteiger partial charge in [0.2, 0.25) is 0 Å². The van der Waals surface area contributed by atoms with Gasteiger partial charge in [-0.05, 0) is 79.5 Å². The number of hydrogen-bond donors (Lipinski definition) is 0. The van der Waals surface area contributed by atoms with Crippen LogP contribution in [0.5, 0.6) is 0 Å². The van der Waals surface area contributed by atoms with Crippen molar-refractivity contribution in [3.8, 4) is 0 Å². The summed E-state index contributed by atoms with van der Waals surface area (Å²) in [6.45, 7) is 7.88. The summed E-state index contributed by atoms with van der Waals surface area (Å²) < 4.78 is 1.84. The Balaban J connectivity index is 1.40. The van der Waals surface area contributed by atoms with E-state index in [1.807, 2.05) is 28.9 Å². The van der Waals surface area contributed by atoms with E-state index in [-0.39, 0.29) is 11.7 Å². The Bertz CT molecular complexity index is 1090. The van der Waals surface area contributed by atoms with Crippen LogP contribution < -0.4 is 0 Å². The van der Waals surface area contributed by atoms with E-state index in [1.54, 1.807) is 0 Å². The molecule has 0 radical (unpaired) electrons. The highest BCUT2D eigenvalue weighted by molar-refractivity contribution is 7.51. The predicted octanol–water partition coefficient (Wildman–Crippen LogP) is 4.34. The Morgan fingerprint density at radius 3 is 2.77 bits per heavy atom. The fourth-order valence-corrected chi connectivity index (χ4v) is 6.36. The van der Waals surface area contributed by atoms with E-state index >= 15 is 0 Å². The Hall–Kier alpha value is -2.23. The number of aryl methyl sites for hydroxylation is 1. The first kappa shape index (κ1) is 19.7. The number of carbonyl (C=O) groups excluding carboxylic acids is 1. The van der Waals surface area contributed by atoms with Gasteiger partial charge < -0.3 is 9.80 Å². The van der Waals surface area contributed by atoms with Gasteiger partial charge in [0.25, 0.3) is 5.91 Å². The van der Waals surface area contributed by atoms with E-state index in [0.717, 1.165) is 41.4 Å². The first-order chi connectivity index (χ1) is 14.5. The maximum absolute atomic E-state index is 13.1. The average Bonchev–Trinajstić information content (AvgIpc) is 3.13. The number of nitrogens with zero attached hydrogens (tertiary/aromatic N) is 4. The largest absolute Gasteiger partial charge is 0.304 e. The second kappa shape index (κ2) is 7.79. The van der Waals surface area contributed by atoms with Crippen LogP contribution >= 0.6 is 8.58 Å². The molecule has 1 amide bonds. The van der Waals surface area contributed by atoms with Crippen LogP contribution in [0.25, 0.3) is 16.2 Å². The van der Waals surface area contributed by atoms with Crippen molar-refractivity contribution in [1.82, 2.24) is 19.6 Å². The summed E-state index contributed by atoms with van der Waals surface area (Å²) in [4.78, 5) is 17.6. The number of likely N-dealkylation sites (tertiary alicyclic amines) is 1. The van der Waals surface area contributed by atoms with Crippen LogP contribution in [0.15, 0.2) is 53.9 Å². The molecule has 0 spiro atoms. The van der Waals surface area contributed by atoms with Crippen molar-refractivity contribution in [2.45, 2.75) is 32.5 Å². The number of hydrogen-bond acceptors (Lipinski definition) is 3. The first-order valence-electron chi connectivity index (χ1n) is 10.9. The summed E-state index contributed by atoms with van der Waals surface area (Å²) in [5.41, 5.74) is 4.78. The molecular formula is C24H29N4OP. The summed E-state index contributed by atoms with van der Waals surface area (Å²) in [7, 11) is 2.50. The van der Waals surface area contributed by atoms with Crippen molar-refractivity contribution in [3.63, 3.8) is 0 Å². The third-order valence-electron chi connectivity index (χ3n) is 6.64. The molecule has 0 saturated carbocycles. The van der Waals surface area contributed by atoms with Crippen LogP contribution in [0, 0.1) is 5.92 Å². The number of rotatable bonds is 3. The molecule has 2 unspecified atom stereocenters. The van der Waals surface area contributed by atoms with E-state index < -0.39 is 0 Å². The Morgan fingerprint density at radius 1 is 1.20 bits per heavy atom. The van der Waals surface area contributed by atoms with E-state index in [2.05, 4.69) is 54.3 Å². The lowest BCUT2D eigenvalue weighted by molar-refractivity contribution is -0.123. The van der Waals surface area contributed by atoms with Crippen LogP contribution in [0.2, 0.25) is 0 Å². The molecule has 3 aliphatic heterocycles. The van der Waals surface area contributed by atoms with Crippen LogP contribution in [-0.4, -0.2) is 50.9 Å². The maximum Gasteiger partial charge on any atom is 0.252 e. The van der Waals surface area contributed by atoms with Gasteiger partial charge >= 0.3 is 0 Å². The number of allylic oxidation sites excluding steroid dienone is 2. The molecule has 1 aromatic carbocycles. The minimum absolute atomic E-state index is 0.107. The summed E-state index contributed by atoms with van der Waals surface area (Å²) >= 11 is 0. The number of benzene rings is 1. The van der Waals surface area contributed by atoms with Gasteiger partial charge in [0.05, 0.1) is 11.3 Å². The van der Waals surface area contributed by atoms with Crippen molar-refractivity contribution in [2.24, 2.45) is 13.0 Å². The zero-order valence-corrected chi connectivity index (χ0v) is 18.9. The van der Waals surface area contributed by atoms with Gasteiger partial charge in [-0.25, -0.2) is 0 Å². The molecule has 2 aromatic rings. The molecule has 156 valence electrons. The zero-order valence-electron chi connectivity index (χ0n) is 17.9. The quantitative estimate of drug-likeness (QED) is 0.694. The Kier molecular flexibility index (Phi) is 5.12. The van der Waals surface area contributed by atoms with Crippen molar-refractivity contribution >= 4 is 30.7 Å². The molecule has 2 atom stereocenters. The lowest BCUT2D eigenvalue weighted by Crippen LogP contribution is -2.39. The van der Waals surface area contributed by atoms with Gasteiger partial charge in [-0.15, -0.1) is 0 Å². The van der Waals surface area contributed by atoms with Gasteiger partial charge in [-0.1, -0.05) is 27.6 Å². The molecule has 0 aliphatic carbocycles. The topological polar surface area (TPSA) is 41.4 Å². The van der Waals surface area contributed by atoms with Gasteiger partial charge in [0.15, 0.2) is 0 Å². The summed E-state index contributed by atoms with van der Waals surface area (Å²) in [6.07, 6.45) is 10.8. The molecular weight excluding hydrogens is 391 g/mol. The van der Waals surface area contributed by atoms with E-state index in [0.29, 0.717) is 14.5 Å². The van der Waals surface area contributed by atoms with E-state index in [9.17, 15) is 4.79 Å². The molecule has 0 N–H and O–H groups in total. The standard InChI is InChI=1S/C24H29N4OP/c1-4-27-9-7-17(8-10-27)19-11-16(2)24-28(15-19)23(29)13-22(30-24)18-5-6-21-20(12-18)14-26(3)25-21/h5-6,11-15,17,24,30H,4,7-10H2,1-3H3. The van der Waals surface area contributed by atoms with Crippen LogP contribution in [0.4, 0.5) is 0 Å². The molecule has 1 aromatic heterocycles. The summed E-state index contributed by atoms with van der Waals surface area (Å²) in [5, 5.41) is 6.72. The number of amides is 1. The summed E-state index contributed by atoms with van der Waals surface area (Å²) in [5.74, 6) is 0.829. The minimum atomic E-state index is 0.107. The predicted molar refractivity (Wildman–Crippen MR) is 124 cm³/mol. The van der Waals surface area contributed by atoms with Gasteiger partial charge in [-0.2, -0.15) is 5.10 Å². The number of aromatic nitrogens is 2. The zero-order chi connectivity index (χ0) is 20.8. The minimum Gasteiger partial charge on any atom is -0.304 e. The highest BCUT2D eigenvalue weighted by Crippen LogP contribution is 2.48. The fourth-order valence-electron chi connectivity index (χ4n) is 4.88. The third-order valence-corrected chi connectivity index (χ3v) is 8.39. The number of piperidine rings is 1. The molecule has 30 heavy (non-hydrogen) atoms. The molecule has 5 rings (SSSR count). The number of carbonyl (C=O) groups is 1. The maximum atomic E-state index is 13.1. The monoisotopic (exact) mass is 420 g/mol. The molecule has 1 saturated heterocycles. The normalized spacial score (nSPS) is 24.1. The Labute approximate surface area is 179 Å².